The van der Waals surface area contributed by atoms with Crippen LogP contribution in [0.5, 0.6) is 0 Å². The first-order valence-electron chi connectivity index (χ1n) is 10.8. The number of halogens is 2. The maximum Gasteiger partial charge on any atom is 0.280 e. The molecule has 2 fully saturated rings. The van der Waals surface area contributed by atoms with Crippen molar-refractivity contribution in [2.75, 3.05) is 49.5 Å². The van der Waals surface area contributed by atoms with Crippen molar-refractivity contribution in [2.24, 2.45) is 0 Å². The van der Waals surface area contributed by atoms with Gasteiger partial charge in [-0.05, 0) is 26.3 Å². The number of pyridine rings is 1. The fraction of sp³-hybridized carbons (Fsp3) is 0.636. The number of hydrogen-bond donors (Lipinski definition) is 1. The Balaban J connectivity index is 1.72. The van der Waals surface area contributed by atoms with Gasteiger partial charge in [0.25, 0.3) is 6.43 Å². The van der Waals surface area contributed by atoms with Gasteiger partial charge in [-0.2, -0.15) is 0 Å². The number of nitrogens with one attached hydrogen (secondary N) is 1. The van der Waals surface area contributed by atoms with Crippen molar-refractivity contribution in [2.45, 2.75) is 52.1 Å². The Morgan fingerprint density at radius 3 is 2.50 bits per heavy atom. The van der Waals surface area contributed by atoms with E-state index in [2.05, 4.69) is 26.7 Å². The second-order valence-corrected chi connectivity index (χ2v) is 8.36. The first-order valence-corrected chi connectivity index (χ1v) is 10.8. The normalized spacial score (nSPS) is 18.1. The van der Waals surface area contributed by atoms with Gasteiger partial charge in [-0.3, -0.25) is 9.69 Å². The third-order valence-electron chi connectivity index (χ3n) is 5.80. The number of hydrogen-bond acceptors (Lipinski definition) is 5. The number of amides is 1. The van der Waals surface area contributed by atoms with Crippen molar-refractivity contribution in [1.82, 2.24) is 14.8 Å². The summed E-state index contributed by atoms with van der Waals surface area (Å²) in [5, 5.41) is 3.18. The number of piperazine rings is 1. The van der Waals surface area contributed by atoms with E-state index in [9.17, 15) is 13.6 Å². The Morgan fingerprint density at radius 1 is 1.30 bits per heavy atom. The predicted octanol–water partition coefficient (Wildman–Crippen LogP) is 3.31. The summed E-state index contributed by atoms with van der Waals surface area (Å²) >= 11 is 0. The van der Waals surface area contributed by atoms with Crippen molar-refractivity contribution in [3.8, 4) is 0 Å². The zero-order valence-electron chi connectivity index (χ0n) is 18.2. The molecule has 2 aliphatic heterocycles. The molecule has 1 aromatic heterocycles. The molecule has 0 radical (unpaired) electrons. The standard InChI is InChI=1S/C22H33F2N5O/c1-5-7-17-18(12-19(25-15(3)4)26-21(17)22(23)24)29-13-16(14-29)27-8-10-28(11-9-27)20(30)6-2/h6,12,15-16,22H,2,5,7-11,13-14H2,1,3-4H3,(H,25,26). The zero-order valence-corrected chi connectivity index (χ0v) is 18.2. The maximum absolute atomic E-state index is 13.8. The summed E-state index contributed by atoms with van der Waals surface area (Å²) in [6, 6.07) is 2.42. The molecule has 2 aliphatic rings. The van der Waals surface area contributed by atoms with E-state index in [0.29, 0.717) is 36.9 Å². The molecule has 3 rings (SSSR count). The van der Waals surface area contributed by atoms with E-state index in [-0.39, 0.29) is 17.6 Å². The monoisotopic (exact) mass is 421 g/mol. The fourth-order valence-corrected chi connectivity index (χ4v) is 4.24. The van der Waals surface area contributed by atoms with Crippen LogP contribution in [-0.4, -0.2) is 72.0 Å². The molecule has 1 N–H and O–H groups in total. The Kier molecular flexibility index (Phi) is 7.28. The molecule has 8 heteroatoms. The summed E-state index contributed by atoms with van der Waals surface area (Å²) in [7, 11) is 0. The average molecular weight is 422 g/mol. The Labute approximate surface area is 177 Å². The van der Waals surface area contributed by atoms with E-state index in [1.54, 1.807) is 0 Å². The summed E-state index contributed by atoms with van der Waals surface area (Å²) in [5.74, 6) is 0.491. The molecular weight excluding hydrogens is 388 g/mol. The molecule has 1 aromatic rings. The molecule has 30 heavy (non-hydrogen) atoms. The largest absolute Gasteiger partial charge is 0.368 e. The van der Waals surface area contributed by atoms with Crippen LogP contribution in [0.25, 0.3) is 0 Å². The summed E-state index contributed by atoms with van der Waals surface area (Å²) in [5.41, 5.74) is 1.45. The van der Waals surface area contributed by atoms with Crippen LogP contribution < -0.4 is 10.2 Å². The van der Waals surface area contributed by atoms with E-state index in [1.807, 2.05) is 31.7 Å². The number of nitrogens with zero attached hydrogens (tertiary/aromatic N) is 4. The molecule has 0 aromatic carbocycles. The van der Waals surface area contributed by atoms with Gasteiger partial charge in [-0.1, -0.05) is 19.9 Å². The minimum absolute atomic E-state index is 0.0180. The van der Waals surface area contributed by atoms with Gasteiger partial charge in [-0.15, -0.1) is 0 Å². The summed E-state index contributed by atoms with van der Waals surface area (Å²) < 4.78 is 27.6. The van der Waals surface area contributed by atoms with E-state index in [1.165, 1.54) is 6.08 Å². The molecule has 0 unspecified atom stereocenters. The molecule has 0 spiro atoms. The van der Waals surface area contributed by atoms with Crippen LogP contribution in [0, 0.1) is 0 Å². The first-order chi connectivity index (χ1) is 14.3. The summed E-state index contributed by atoms with van der Waals surface area (Å²) in [6.07, 6.45) is 0.157. The maximum atomic E-state index is 13.8. The highest BCUT2D eigenvalue weighted by atomic mass is 19.3. The zero-order chi connectivity index (χ0) is 21.8. The van der Waals surface area contributed by atoms with Crippen molar-refractivity contribution in [3.05, 3.63) is 30.0 Å². The Bertz CT molecular complexity index is 756. The molecule has 0 aliphatic carbocycles. The molecule has 0 bridgehead atoms. The number of carbonyl (C=O) groups excluding carboxylic acids is 1. The molecule has 3 heterocycles. The molecule has 6 nitrogen and oxygen atoms in total. The number of alkyl halides is 2. The van der Waals surface area contributed by atoms with E-state index >= 15 is 0 Å². The first kappa shape index (κ1) is 22.5. The van der Waals surface area contributed by atoms with E-state index in [0.717, 1.165) is 38.3 Å². The topological polar surface area (TPSA) is 51.7 Å². The highest BCUT2D eigenvalue weighted by Gasteiger charge is 2.36. The van der Waals surface area contributed by atoms with Crippen molar-refractivity contribution < 1.29 is 13.6 Å². The second kappa shape index (κ2) is 9.73. The SMILES string of the molecule is C=CC(=O)N1CCN(C2CN(c3cc(NC(C)C)nc(C(F)F)c3CCC)C2)CC1. The van der Waals surface area contributed by atoms with Crippen molar-refractivity contribution in [1.29, 1.82) is 0 Å². The fourth-order valence-electron chi connectivity index (χ4n) is 4.24. The molecule has 166 valence electrons. The second-order valence-electron chi connectivity index (χ2n) is 8.36. The van der Waals surface area contributed by atoms with Crippen LogP contribution >= 0.6 is 0 Å². The van der Waals surface area contributed by atoms with E-state index < -0.39 is 6.43 Å². The smallest absolute Gasteiger partial charge is 0.280 e. The lowest BCUT2D eigenvalue weighted by Crippen LogP contribution is -2.63. The third kappa shape index (κ3) is 4.91. The van der Waals surface area contributed by atoms with Crippen molar-refractivity contribution in [3.63, 3.8) is 0 Å². The van der Waals surface area contributed by atoms with Crippen molar-refractivity contribution >= 4 is 17.4 Å². The lowest BCUT2D eigenvalue weighted by atomic mass is 9.99. The van der Waals surface area contributed by atoms with Gasteiger partial charge in [-0.25, -0.2) is 13.8 Å². The van der Waals surface area contributed by atoms with Crippen LogP contribution in [0.15, 0.2) is 18.7 Å². The lowest BCUT2D eigenvalue weighted by Gasteiger charge is -2.49. The van der Waals surface area contributed by atoms with Crippen LogP contribution in [0.1, 0.15) is 44.9 Å². The molecule has 1 amide bonds. The average Bonchev–Trinajstić information content (AvgIpc) is 2.67. The summed E-state index contributed by atoms with van der Waals surface area (Å²) in [6.45, 7) is 14.2. The molecule has 0 atom stereocenters. The van der Waals surface area contributed by atoms with Crippen LogP contribution in [0.4, 0.5) is 20.3 Å². The summed E-state index contributed by atoms with van der Waals surface area (Å²) in [4.78, 5) is 22.4. The number of rotatable bonds is 8. The van der Waals surface area contributed by atoms with E-state index in [4.69, 9.17) is 0 Å². The Hall–Kier alpha value is -2.22. The van der Waals surface area contributed by atoms with Gasteiger partial charge in [0.15, 0.2) is 0 Å². The van der Waals surface area contributed by atoms with Gasteiger partial charge < -0.3 is 15.1 Å². The highest BCUT2D eigenvalue weighted by Crippen LogP contribution is 2.36. The molecular formula is C22H33F2N5O. The van der Waals surface area contributed by atoms with Gasteiger partial charge in [0.2, 0.25) is 5.91 Å². The number of carbonyl (C=O) groups is 1. The number of aromatic nitrogens is 1. The van der Waals surface area contributed by atoms with Gasteiger partial charge in [0.05, 0.1) is 0 Å². The minimum atomic E-state index is -2.59. The highest BCUT2D eigenvalue weighted by molar-refractivity contribution is 5.87. The molecule has 2 saturated heterocycles. The Morgan fingerprint density at radius 2 is 1.97 bits per heavy atom. The van der Waals surface area contributed by atoms with Gasteiger partial charge in [0, 0.05) is 68.7 Å². The quantitative estimate of drug-likeness (QED) is 0.653. The van der Waals surface area contributed by atoms with Gasteiger partial charge in [0.1, 0.15) is 11.5 Å². The van der Waals surface area contributed by atoms with Crippen LogP contribution in [-0.2, 0) is 11.2 Å². The van der Waals surface area contributed by atoms with Crippen LogP contribution in [0.3, 0.4) is 0 Å². The molecule has 0 saturated carbocycles. The van der Waals surface area contributed by atoms with Gasteiger partial charge >= 0.3 is 0 Å². The predicted molar refractivity (Wildman–Crippen MR) is 116 cm³/mol. The number of anilines is 2. The minimum Gasteiger partial charge on any atom is -0.368 e. The van der Waals surface area contributed by atoms with Crippen LogP contribution in [0.2, 0.25) is 0 Å². The third-order valence-corrected chi connectivity index (χ3v) is 5.80. The lowest BCUT2D eigenvalue weighted by molar-refractivity contribution is -0.128.